The van der Waals surface area contributed by atoms with Crippen LogP contribution >= 0.6 is 11.6 Å². The van der Waals surface area contributed by atoms with Gasteiger partial charge in [-0.2, -0.15) is 0 Å². The summed E-state index contributed by atoms with van der Waals surface area (Å²) in [4.78, 5) is 11.4. The number of ether oxygens (including phenoxy) is 1. The fourth-order valence-electron chi connectivity index (χ4n) is 2.38. The van der Waals surface area contributed by atoms with Crippen LogP contribution < -0.4 is 4.74 Å². The van der Waals surface area contributed by atoms with Crippen molar-refractivity contribution in [1.82, 2.24) is 0 Å². The summed E-state index contributed by atoms with van der Waals surface area (Å²) in [7, 11) is 0. The molecule has 1 rings (SSSR count). The Balaban J connectivity index is 2.50. The van der Waals surface area contributed by atoms with Gasteiger partial charge in [0.05, 0.1) is 12.0 Å². The molecule has 3 nitrogen and oxygen atoms in total. The number of halogens is 1. The van der Waals surface area contributed by atoms with Crippen molar-refractivity contribution in [2.75, 3.05) is 6.61 Å². The Kier molecular flexibility index (Phi) is 6.34. The molecule has 0 fully saturated rings. The molecule has 0 aliphatic heterocycles. The van der Waals surface area contributed by atoms with E-state index in [0.717, 1.165) is 17.7 Å². The lowest BCUT2D eigenvalue weighted by Crippen LogP contribution is -2.30. The summed E-state index contributed by atoms with van der Waals surface area (Å²) in [5, 5.41) is 10.1. The number of aliphatic carboxylic acids is 1. The van der Waals surface area contributed by atoms with Gasteiger partial charge in [-0.3, -0.25) is 4.79 Å². The third-order valence-electron chi connectivity index (χ3n) is 4.00. The third kappa shape index (κ3) is 4.14. The van der Waals surface area contributed by atoms with Crippen LogP contribution in [0.4, 0.5) is 0 Å². The van der Waals surface area contributed by atoms with E-state index in [-0.39, 0.29) is 0 Å². The lowest BCUT2D eigenvalue weighted by atomic mass is 9.78. The van der Waals surface area contributed by atoms with Gasteiger partial charge in [-0.1, -0.05) is 25.4 Å². The van der Waals surface area contributed by atoms with Crippen molar-refractivity contribution >= 4 is 17.6 Å². The van der Waals surface area contributed by atoms with E-state index in [1.807, 2.05) is 32.9 Å². The predicted molar refractivity (Wildman–Crippen MR) is 81.6 cm³/mol. The van der Waals surface area contributed by atoms with Gasteiger partial charge in [-0.25, -0.2) is 0 Å². The minimum Gasteiger partial charge on any atom is -0.493 e. The Labute approximate surface area is 125 Å². The molecule has 1 aromatic carbocycles. The molecule has 0 spiro atoms. The van der Waals surface area contributed by atoms with Crippen LogP contribution in [-0.2, 0) is 4.79 Å². The number of carboxylic acids is 1. The summed E-state index contributed by atoms with van der Waals surface area (Å²) >= 11 is 5.89. The van der Waals surface area contributed by atoms with Crippen molar-refractivity contribution in [2.45, 2.75) is 46.5 Å². The van der Waals surface area contributed by atoms with E-state index in [4.69, 9.17) is 16.3 Å². The van der Waals surface area contributed by atoms with Crippen LogP contribution in [0.2, 0.25) is 5.02 Å². The first-order valence-corrected chi connectivity index (χ1v) is 7.45. The first-order chi connectivity index (χ1) is 9.45. The molecule has 0 aromatic heterocycles. The summed E-state index contributed by atoms with van der Waals surface area (Å²) in [5.41, 5.74) is 0.381. The second-order valence-electron chi connectivity index (χ2n) is 5.15. The van der Waals surface area contributed by atoms with Gasteiger partial charge in [-0.15, -0.1) is 0 Å². The monoisotopic (exact) mass is 298 g/mol. The van der Waals surface area contributed by atoms with Crippen molar-refractivity contribution in [3.05, 3.63) is 28.8 Å². The van der Waals surface area contributed by atoms with E-state index in [2.05, 4.69) is 0 Å². The van der Waals surface area contributed by atoms with E-state index >= 15 is 0 Å². The molecule has 0 aliphatic carbocycles. The van der Waals surface area contributed by atoms with Gasteiger partial charge in [-0.05, 0) is 56.4 Å². The maximum absolute atomic E-state index is 11.4. The minimum atomic E-state index is -0.704. The number of carbonyl (C=O) groups is 1. The predicted octanol–water partition coefficient (Wildman–Crippen LogP) is 4.70. The molecule has 0 amide bonds. The van der Waals surface area contributed by atoms with Crippen molar-refractivity contribution in [3.8, 4) is 5.75 Å². The normalized spacial score (nSPS) is 11.4. The molecule has 1 N–H and O–H groups in total. The van der Waals surface area contributed by atoms with Gasteiger partial charge in [0.15, 0.2) is 0 Å². The van der Waals surface area contributed by atoms with Gasteiger partial charge in [0.25, 0.3) is 0 Å². The number of hydrogen-bond acceptors (Lipinski definition) is 2. The summed E-state index contributed by atoms with van der Waals surface area (Å²) in [6.45, 7) is 6.34. The number of carboxylic acid groups (broad SMARTS) is 1. The number of rotatable bonds is 8. The van der Waals surface area contributed by atoms with Gasteiger partial charge in [0, 0.05) is 5.02 Å². The van der Waals surface area contributed by atoms with E-state index in [9.17, 15) is 9.90 Å². The number of aryl methyl sites for hydroxylation is 1. The highest BCUT2D eigenvalue weighted by molar-refractivity contribution is 6.30. The van der Waals surface area contributed by atoms with Gasteiger partial charge < -0.3 is 9.84 Å². The highest BCUT2D eigenvalue weighted by atomic mass is 35.5. The molecule has 0 aliphatic rings. The van der Waals surface area contributed by atoms with Crippen molar-refractivity contribution in [2.24, 2.45) is 5.41 Å². The van der Waals surface area contributed by atoms with Crippen LogP contribution in [0.15, 0.2) is 18.2 Å². The van der Waals surface area contributed by atoms with Crippen molar-refractivity contribution < 1.29 is 14.6 Å². The maximum Gasteiger partial charge on any atom is 0.309 e. The second-order valence-corrected chi connectivity index (χ2v) is 5.59. The standard InChI is InChI=1S/C16H23ClO3/c1-4-16(5-2,15(18)19)9-6-10-20-14-8-7-13(17)11-12(14)3/h7-8,11H,4-6,9-10H2,1-3H3,(H,18,19). The first-order valence-electron chi connectivity index (χ1n) is 7.07. The number of benzene rings is 1. The zero-order valence-corrected chi connectivity index (χ0v) is 13.2. The SMILES string of the molecule is CCC(CC)(CCCOc1ccc(Cl)cc1C)C(=O)O. The van der Waals surface area contributed by atoms with E-state index in [0.29, 0.717) is 30.9 Å². The quantitative estimate of drug-likeness (QED) is 0.708. The van der Waals surface area contributed by atoms with Crippen LogP contribution in [0, 0.1) is 12.3 Å². The highest BCUT2D eigenvalue weighted by Crippen LogP contribution is 2.32. The Morgan fingerprint density at radius 3 is 2.50 bits per heavy atom. The molecule has 4 heteroatoms. The molecule has 112 valence electrons. The number of hydrogen-bond donors (Lipinski definition) is 1. The van der Waals surface area contributed by atoms with E-state index in [1.165, 1.54) is 0 Å². The summed E-state index contributed by atoms with van der Waals surface area (Å²) in [6, 6.07) is 5.50. The largest absolute Gasteiger partial charge is 0.493 e. The van der Waals surface area contributed by atoms with Crippen LogP contribution in [-0.4, -0.2) is 17.7 Å². The third-order valence-corrected chi connectivity index (χ3v) is 4.24. The maximum atomic E-state index is 11.4. The molecule has 1 aromatic rings. The molecule has 0 heterocycles. The molecule has 0 radical (unpaired) electrons. The fraction of sp³-hybridized carbons (Fsp3) is 0.562. The molecule has 0 bridgehead atoms. The average Bonchev–Trinajstić information content (AvgIpc) is 2.41. The van der Waals surface area contributed by atoms with Crippen LogP contribution in [0.5, 0.6) is 5.75 Å². The Morgan fingerprint density at radius 1 is 1.35 bits per heavy atom. The van der Waals surface area contributed by atoms with Crippen LogP contribution in [0.25, 0.3) is 0 Å². The molecular formula is C16H23ClO3. The van der Waals surface area contributed by atoms with Crippen molar-refractivity contribution in [1.29, 1.82) is 0 Å². The van der Waals surface area contributed by atoms with E-state index in [1.54, 1.807) is 6.07 Å². The first kappa shape index (κ1) is 16.8. The lowest BCUT2D eigenvalue weighted by Gasteiger charge is -2.26. The average molecular weight is 299 g/mol. The van der Waals surface area contributed by atoms with Crippen LogP contribution in [0.3, 0.4) is 0 Å². The highest BCUT2D eigenvalue weighted by Gasteiger charge is 2.33. The Morgan fingerprint density at radius 2 is 2.00 bits per heavy atom. The van der Waals surface area contributed by atoms with Crippen molar-refractivity contribution in [3.63, 3.8) is 0 Å². The van der Waals surface area contributed by atoms with Gasteiger partial charge in [0.1, 0.15) is 5.75 Å². The molecular weight excluding hydrogens is 276 g/mol. The summed E-state index contributed by atoms with van der Waals surface area (Å²) in [6.07, 6.45) is 2.68. The van der Waals surface area contributed by atoms with Gasteiger partial charge in [0.2, 0.25) is 0 Å². The second kappa shape index (κ2) is 7.53. The fourth-order valence-corrected chi connectivity index (χ4v) is 2.61. The zero-order valence-electron chi connectivity index (χ0n) is 12.4. The minimum absolute atomic E-state index is 0.525. The molecule has 0 saturated heterocycles. The lowest BCUT2D eigenvalue weighted by molar-refractivity contribution is -0.150. The summed E-state index contributed by atoms with van der Waals surface area (Å²) < 4.78 is 5.70. The smallest absolute Gasteiger partial charge is 0.309 e. The van der Waals surface area contributed by atoms with Crippen LogP contribution in [0.1, 0.15) is 45.1 Å². The zero-order chi connectivity index (χ0) is 15.2. The topological polar surface area (TPSA) is 46.5 Å². The summed E-state index contributed by atoms with van der Waals surface area (Å²) in [5.74, 6) is 0.105. The molecule has 0 saturated carbocycles. The van der Waals surface area contributed by atoms with Gasteiger partial charge >= 0.3 is 5.97 Å². The Bertz CT molecular complexity index is 453. The molecule has 0 unspecified atom stereocenters. The molecule has 20 heavy (non-hydrogen) atoms. The van der Waals surface area contributed by atoms with E-state index < -0.39 is 11.4 Å². The molecule has 0 atom stereocenters. The Hall–Kier alpha value is -1.22.